The Labute approximate surface area is 89.7 Å². The lowest BCUT2D eigenvalue weighted by Gasteiger charge is -2.08. The van der Waals surface area contributed by atoms with E-state index in [9.17, 15) is 0 Å². The van der Waals surface area contributed by atoms with Crippen LogP contribution in [0.2, 0.25) is 0 Å². The highest BCUT2D eigenvalue weighted by atomic mass is 15.2. The molecule has 0 spiro atoms. The summed E-state index contributed by atoms with van der Waals surface area (Å²) in [5.74, 6) is 5.45. The number of anilines is 1. The summed E-state index contributed by atoms with van der Waals surface area (Å²) in [5.41, 5.74) is 7.20. The maximum absolute atomic E-state index is 5.45. The molecule has 0 unspecified atom stereocenters. The third kappa shape index (κ3) is 2.00. The highest BCUT2D eigenvalue weighted by Crippen LogP contribution is 2.24. The Morgan fingerprint density at radius 3 is 2.33 bits per heavy atom. The van der Waals surface area contributed by atoms with E-state index in [1.54, 1.807) is 0 Å². The van der Waals surface area contributed by atoms with Gasteiger partial charge in [0.2, 0.25) is 0 Å². The molecule has 76 valence electrons. The third-order valence-electron chi connectivity index (χ3n) is 2.50. The number of nitrogens with two attached hydrogens (primary N) is 1. The van der Waals surface area contributed by atoms with Crippen molar-refractivity contribution in [3.05, 3.63) is 54.1 Å². The summed E-state index contributed by atoms with van der Waals surface area (Å²) in [5, 5.41) is 0. The number of rotatable bonds is 2. The third-order valence-corrected chi connectivity index (χ3v) is 2.50. The molecular weight excluding hydrogens is 184 g/mol. The Morgan fingerprint density at radius 1 is 0.933 bits per heavy atom. The number of aryl methyl sites for hydroxylation is 1. The van der Waals surface area contributed by atoms with Crippen molar-refractivity contribution < 1.29 is 0 Å². The minimum atomic E-state index is 0.969. The second kappa shape index (κ2) is 4.15. The lowest BCUT2D eigenvalue weighted by molar-refractivity contribution is 1.31. The molecule has 2 aromatic carbocycles. The van der Waals surface area contributed by atoms with Crippen molar-refractivity contribution in [1.29, 1.82) is 0 Å². The summed E-state index contributed by atoms with van der Waals surface area (Å²) < 4.78 is 0. The first-order chi connectivity index (χ1) is 7.31. The van der Waals surface area contributed by atoms with Crippen LogP contribution in [0.1, 0.15) is 5.56 Å². The first-order valence-electron chi connectivity index (χ1n) is 4.94. The molecule has 0 aromatic heterocycles. The number of hydrogen-bond donors (Lipinski definition) is 2. The van der Waals surface area contributed by atoms with E-state index in [-0.39, 0.29) is 0 Å². The van der Waals surface area contributed by atoms with Gasteiger partial charge in [-0.25, -0.2) is 0 Å². The van der Waals surface area contributed by atoms with Crippen LogP contribution in [0.15, 0.2) is 48.5 Å². The molecule has 2 nitrogen and oxygen atoms in total. The topological polar surface area (TPSA) is 38.0 Å². The van der Waals surface area contributed by atoms with Gasteiger partial charge in [-0.15, -0.1) is 0 Å². The van der Waals surface area contributed by atoms with Gasteiger partial charge < -0.3 is 5.43 Å². The monoisotopic (exact) mass is 198 g/mol. The molecule has 0 fully saturated rings. The van der Waals surface area contributed by atoms with E-state index in [2.05, 4.69) is 35.8 Å². The number of benzene rings is 2. The largest absolute Gasteiger partial charge is 0.324 e. The second-order valence-corrected chi connectivity index (χ2v) is 3.54. The van der Waals surface area contributed by atoms with E-state index in [0.29, 0.717) is 0 Å². The Morgan fingerprint density at radius 2 is 1.67 bits per heavy atom. The van der Waals surface area contributed by atoms with Crippen LogP contribution in [0.4, 0.5) is 5.69 Å². The second-order valence-electron chi connectivity index (χ2n) is 3.54. The Balaban J connectivity index is 2.46. The molecule has 0 bridgehead atoms. The predicted octanol–water partition coefficient (Wildman–Crippen LogP) is 2.95. The van der Waals surface area contributed by atoms with Crippen LogP contribution in [0, 0.1) is 6.92 Å². The highest BCUT2D eigenvalue weighted by molar-refractivity contribution is 5.69. The smallest absolute Gasteiger partial charge is 0.0520 e. The maximum atomic E-state index is 5.45. The molecule has 0 radical (unpaired) electrons. The van der Waals surface area contributed by atoms with Gasteiger partial charge in [0.05, 0.1) is 5.69 Å². The van der Waals surface area contributed by atoms with Gasteiger partial charge in [-0.1, -0.05) is 42.5 Å². The first-order valence-corrected chi connectivity index (χ1v) is 4.94. The van der Waals surface area contributed by atoms with Gasteiger partial charge >= 0.3 is 0 Å². The van der Waals surface area contributed by atoms with Crippen molar-refractivity contribution in [2.45, 2.75) is 6.92 Å². The van der Waals surface area contributed by atoms with E-state index < -0.39 is 0 Å². The minimum absolute atomic E-state index is 0.969. The van der Waals surface area contributed by atoms with Gasteiger partial charge in [-0.3, -0.25) is 5.84 Å². The molecule has 0 atom stereocenters. The van der Waals surface area contributed by atoms with Crippen LogP contribution < -0.4 is 11.3 Å². The molecule has 2 rings (SSSR count). The quantitative estimate of drug-likeness (QED) is 0.575. The summed E-state index contributed by atoms with van der Waals surface area (Å²) in [7, 11) is 0. The molecule has 0 amide bonds. The maximum Gasteiger partial charge on any atom is 0.0520 e. The highest BCUT2D eigenvalue weighted by Gasteiger charge is 2.00. The van der Waals surface area contributed by atoms with Crippen LogP contribution in [0.5, 0.6) is 0 Å². The van der Waals surface area contributed by atoms with Crippen molar-refractivity contribution in [1.82, 2.24) is 0 Å². The molecule has 0 aliphatic rings. The first kappa shape index (κ1) is 9.74. The molecule has 2 aromatic rings. The summed E-state index contributed by atoms with van der Waals surface area (Å²) in [6.07, 6.45) is 0. The zero-order valence-electron chi connectivity index (χ0n) is 8.70. The van der Waals surface area contributed by atoms with Crippen LogP contribution in [-0.4, -0.2) is 0 Å². The molecule has 0 aliphatic carbocycles. The normalized spacial score (nSPS) is 10.0. The fourth-order valence-corrected chi connectivity index (χ4v) is 1.59. The van der Waals surface area contributed by atoms with Crippen molar-refractivity contribution >= 4 is 5.69 Å². The van der Waals surface area contributed by atoms with Gasteiger partial charge in [0.15, 0.2) is 0 Å². The average Bonchev–Trinajstić information content (AvgIpc) is 2.31. The van der Waals surface area contributed by atoms with Crippen LogP contribution >= 0.6 is 0 Å². The molecule has 3 N–H and O–H groups in total. The molecule has 0 heterocycles. The zero-order valence-corrected chi connectivity index (χ0v) is 8.70. The molecule has 0 saturated heterocycles. The van der Waals surface area contributed by atoms with Gasteiger partial charge in [0, 0.05) is 0 Å². The lowest BCUT2D eigenvalue weighted by atomic mass is 10.0. The summed E-state index contributed by atoms with van der Waals surface area (Å²) >= 11 is 0. The summed E-state index contributed by atoms with van der Waals surface area (Å²) in [6.45, 7) is 2.03. The van der Waals surface area contributed by atoms with Crippen LogP contribution in [-0.2, 0) is 0 Å². The molecular formula is C13H14N2. The number of nitrogen functional groups attached to an aromatic ring is 1. The average molecular weight is 198 g/mol. The van der Waals surface area contributed by atoms with E-state index in [4.69, 9.17) is 5.84 Å². The van der Waals surface area contributed by atoms with E-state index in [0.717, 1.165) is 11.3 Å². The SMILES string of the molecule is Cc1ccc(-c2ccccc2)cc1NN. The zero-order chi connectivity index (χ0) is 10.7. The number of hydrazine groups is 1. The van der Waals surface area contributed by atoms with Crippen LogP contribution in [0.3, 0.4) is 0 Å². The number of nitrogens with one attached hydrogen (secondary N) is 1. The standard InChI is InChI=1S/C13H14N2/c1-10-7-8-12(9-13(10)15-14)11-5-3-2-4-6-11/h2-9,15H,14H2,1H3. The van der Waals surface area contributed by atoms with Crippen molar-refractivity contribution in [3.63, 3.8) is 0 Å². The fourth-order valence-electron chi connectivity index (χ4n) is 1.59. The Bertz CT molecular complexity index is 449. The van der Waals surface area contributed by atoms with E-state index >= 15 is 0 Å². The molecule has 2 heteroatoms. The van der Waals surface area contributed by atoms with Gasteiger partial charge in [0.1, 0.15) is 0 Å². The van der Waals surface area contributed by atoms with Gasteiger partial charge in [-0.2, -0.15) is 0 Å². The molecule has 0 aliphatic heterocycles. The lowest BCUT2D eigenvalue weighted by Crippen LogP contribution is -2.08. The Hall–Kier alpha value is -1.80. The minimum Gasteiger partial charge on any atom is -0.324 e. The predicted molar refractivity (Wildman–Crippen MR) is 64.4 cm³/mol. The number of hydrogen-bond acceptors (Lipinski definition) is 2. The summed E-state index contributed by atoms with van der Waals surface area (Å²) in [4.78, 5) is 0. The summed E-state index contributed by atoms with van der Waals surface area (Å²) in [6, 6.07) is 16.5. The van der Waals surface area contributed by atoms with Gasteiger partial charge in [-0.05, 0) is 29.7 Å². The van der Waals surface area contributed by atoms with E-state index in [1.807, 2.05) is 25.1 Å². The van der Waals surface area contributed by atoms with Gasteiger partial charge in [0.25, 0.3) is 0 Å². The van der Waals surface area contributed by atoms with Crippen molar-refractivity contribution in [2.75, 3.05) is 5.43 Å². The van der Waals surface area contributed by atoms with E-state index in [1.165, 1.54) is 11.1 Å². The van der Waals surface area contributed by atoms with Crippen molar-refractivity contribution in [3.8, 4) is 11.1 Å². The molecule has 15 heavy (non-hydrogen) atoms. The Kier molecular flexibility index (Phi) is 2.70. The van der Waals surface area contributed by atoms with Crippen LogP contribution in [0.25, 0.3) is 11.1 Å². The van der Waals surface area contributed by atoms with Crippen molar-refractivity contribution in [2.24, 2.45) is 5.84 Å². The molecule has 0 saturated carbocycles. The fraction of sp³-hybridized carbons (Fsp3) is 0.0769.